The molecule has 1 fully saturated rings. The number of aryl methyl sites for hydroxylation is 1. The molecule has 1 aliphatic carbocycles. The van der Waals surface area contributed by atoms with Crippen LogP contribution in [-0.2, 0) is 6.42 Å². The molecule has 2 atom stereocenters. The van der Waals surface area contributed by atoms with E-state index in [0.717, 1.165) is 18.4 Å². The summed E-state index contributed by atoms with van der Waals surface area (Å²) < 4.78 is 0. The number of hydrogen-bond acceptors (Lipinski definition) is 1. The average Bonchev–Trinajstić information content (AvgIpc) is 2.46. The zero-order chi connectivity index (χ0) is 12.4. The van der Waals surface area contributed by atoms with Crippen molar-refractivity contribution in [3.8, 4) is 0 Å². The molecule has 1 nitrogen and oxygen atoms in total. The predicted octanol–water partition coefficient (Wildman–Crippen LogP) is 4.73. The average molecular weight is 243 g/mol. The van der Waals surface area contributed by atoms with Crippen LogP contribution >= 0.6 is 0 Å². The summed E-state index contributed by atoms with van der Waals surface area (Å²) in [6, 6.07) is 7.21. The molecule has 0 saturated heterocycles. The first-order chi connectivity index (χ1) is 8.88. The summed E-state index contributed by atoms with van der Waals surface area (Å²) in [5.74, 6) is 1.75. The van der Waals surface area contributed by atoms with Gasteiger partial charge in [-0.1, -0.05) is 38.3 Å². The number of fused-ring (bicyclic) bond motifs is 1. The van der Waals surface area contributed by atoms with Gasteiger partial charge in [0, 0.05) is 12.2 Å². The fourth-order valence-electron chi connectivity index (χ4n) is 3.86. The van der Waals surface area contributed by atoms with Crippen LogP contribution < -0.4 is 5.32 Å². The number of nitrogens with one attached hydrogen (secondary N) is 1. The third kappa shape index (κ3) is 2.28. The maximum absolute atomic E-state index is 3.52. The quantitative estimate of drug-likeness (QED) is 0.792. The second kappa shape index (κ2) is 5.34. The maximum atomic E-state index is 3.52. The summed E-state index contributed by atoms with van der Waals surface area (Å²) in [4.78, 5) is 0. The zero-order valence-corrected chi connectivity index (χ0v) is 11.5. The fourth-order valence-corrected chi connectivity index (χ4v) is 3.86. The predicted molar refractivity (Wildman–Crippen MR) is 78.2 cm³/mol. The minimum absolute atomic E-state index is 0.830. The molecule has 0 radical (unpaired) electrons. The monoisotopic (exact) mass is 243 g/mol. The Morgan fingerprint density at radius 1 is 1.17 bits per heavy atom. The van der Waals surface area contributed by atoms with E-state index in [1.807, 2.05) is 0 Å². The van der Waals surface area contributed by atoms with Gasteiger partial charge in [-0.05, 0) is 54.7 Å². The Kier molecular flexibility index (Phi) is 3.58. The van der Waals surface area contributed by atoms with E-state index in [0.29, 0.717) is 0 Å². The number of anilines is 1. The molecule has 2 unspecified atom stereocenters. The lowest BCUT2D eigenvalue weighted by atomic mass is 9.74. The van der Waals surface area contributed by atoms with Crippen molar-refractivity contribution in [3.05, 3.63) is 29.3 Å². The number of rotatable bonds is 2. The molecule has 1 N–H and O–H groups in total. The van der Waals surface area contributed by atoms with E-state index >= 15 is 0 Å². The first-order valence-corrected chi connectivity index (χ1v) is 7.75. The lowest BCUT2D eigenvalue weighted by Gasteiger charge is -2.32. The van der Waals surface area contributed by atoms with E-state index in [9.17, 15) is 0 Å². The number of benzene rings is 1. The molecule has 1 heteroatoms. The van der Waals surface area contributed by atoms with Gasteiger partial charge in [0.15, 0.2) is 0 Å². The highest BCUT2D eigenvalue weighted by molar-refractivity contribution is 5.54. The van der Waals surface area contributed by atoms with Crippen molar-refractivity contribution < 1.29 is 0 Å². The largest absolute Gasteiger partial charge is 0.385 e. The molecule has 3 rings (SSSR count). The van der Waals surface area contributed by atoms with Gasteiger partial charge in [-0.2, -0.15) is 0 Å². The van der Waals surface area contributed by atoms with Crippen LogP contribution in [0.15, 0.2) is 18.2 Å². The summed E-state index contributed by atoms with van der Waals surface area (Å²) in [6.07, 6.45) is 9.62. The molecule has 1 aromatic rings. The van der Waals surface area contributed by atoms with Gasteiger partial charge < -0.3 is 5.32 Å². The van der Waals surface area contributed by atoms with Crippen LogP contribution in [0.5, 0.6) is 0 Å². The Hall–Kier alpha value is -0.980. The second-order valence-corrected chi connectivity index (χ2v) is 6.01. The van der Waals surface area contributed by atoms with Gasteiger partial charge in [0.2, 0.25) is 0 Å². The molecule has 0 spiro atoms. The van der Waals surface area contributed by atoms with Crippen LogP contribution in [0, 0.1) is 5.92 Å². The Balaban J connectivity index is 1.86. The molecule has 1 aromatic carbocycles. The van der Waals surface area contributed by atoms with Gasteiger partial charge in [0.25, 0.3) is 0 Å². The summed E-state index contributed by atoms with van der Waals surface area (Å²) in [7, 11) is 0. The second-order valence-electron chi connectivity index (χ2n) is 6.01. The van der Waals surface area contributed by atoms with E-state index in [-0.39, 0.29) is 0 Å². The van der Waals surface area contributed by atoms with Crippen LogP contribution in [0.2, 0.25) is 0 Å². The third-order valence-corrected chi connectivity index (χ3v) is 4.93. The minimum Gasteiger partial charge on any atom is -0.385 e. The van der Waals surface area contributed by atoms with E-state index < -0.39 is 0 Å². The van der Waals surface area contributed by atoms with Crippen molar-refractivity contribution in [2.45, 2.75) is 57.8 Å². The highest BCUT2D eigenvalue weighted by atomic mass is 14.9. The van der Waals surface area contributed by atoms with Crippen molar-refractivity contribution in [1.82, 2.24) is 0 Å². The highest BCUT2D eigenvalue weighted by Gasteiger charge is 2.25. The van der Waals surface area contributed by atoms with E-state index in [2.05, 4.69) is 30.4 Å². The summed E-state index contributed by atoms with van der Waals surface area (Å²) in [5, 5.41) is 3.52. The standard InChI is InChI=1S/C17H25N/c1-2-13-6-3-4-8-16(13)14-9-10-17-15(12-14)7-5-11-18-17/h9-10,12-13,16,18H,2-8,11H2,1H3. The first kappa shape index (κ1) is 12.1. The molecular weight excluding hydrogens is 218 g/mol. The van der Waals surface area contributed by atoms with Gasteiger partial charge in [0.05, 0.1) is 0 Å². The fraction of sp³-hybridized carbons (Fsp3) is 0.647. The van der Waals surface area contributed by atoms with E-state index in [1.54, 1.807) is 11.1 Å². The summed E-state index contributed by atoms with van der Waals surface area (Å²) in [6.45, 7) is 3.51. The van der Waals surface area contributed by atoms with E-state index in [4.69, 9.17) is 0 Å². The van der Waals surface area contributed by atoms with Crippen molar-refractivity contribution in [2.24, 2.45) is 5.92 Å². The van der Waals surface area contributed by atoms with Crippen molar-refractivity contribution in [3.63, 3.8) is 0 Å². The summed E-state index contributed by atoms with van der Waals surface area (Å²) >= 11 is 0. The van der Waals surface area contributed by atoms with Gasteiger partial charge in [0.1, 0.15) is 0 Å². The van der Waals surface area contributed by atoms with E-state index in [1.165, 1.54) is 50.6 Å². The topological polar surface area (TPSA) is 12.0 Å². The lowest BCUT2D eigenvalue weighted by Crippen LogP contribution is -2.18. The van der Waals surface area contributed by atoms with Crippen LogP contribution in [0.1, 0.15) is 62.5 Å². The lowest BCUT2D eigenvalue weighted by molar-refractivity contribution is 0.299. The molecule has 2 aliphatic rings. The highest BCUT2D eigenvalue weighted by Crippen LogP contribution is 2.40. The molecule has 0 aromatic heterocycles. The SMILES string of the molecule is CCC1CCCCC1c1ccc2c(c1)CCCN2. The normalized spacial score (nSPS) is 27.4. The molecule has 1 heterocycles. The van der Waals surface area contributed by atoms with Crippen molar-refractivity contribution in [2.75, 3.05) is 11.9 Å². The van der Waals surface area contributed by atoms with Gasteiger partial charge in [-0.3, -0.25) is 0 Å². The van der Waals surface area contributed by atoms with Crippen LogP contribution in [0.4, 0.5) is 5.69 Å². The Morgan fingerprint density at radius 3 is 2.94 bits per heavy atom. The van der Waals surface area contributed by atoms with Crippen LogP contribution in [0.25, 0.3) is 0 Å². The van der Waals surface area contributed by atoms with Gasteiger partial charge >= 0.3 is 0 Å². The molecule has 1 saturated carbocycles. The maximum Gasteiger partial charge on any atom is 0.0372 e. The Bertz CT molecular complexity index is 410. The van der Waals surface area contributed by atoms with Crippen molar-refractivity contribution >= 4 is 5.69 Å². The first-order valence-electron chi connectivity index (χ1n) is 7.75. The molecule has 0 amide bonds. The molecule has 0 bridgehead atoms. The smallest absolute Gasteiger partial charge is 0.0372 e. The third-order valence-electron chi connectivity index (χ3n) is 4.93. The minimum atomic E-state index is 0.830. The Labute approximate surface area is 111 Å². The molecular formula is C17H25N. The molecule has 18 heavy (non-hydrogen) atoms. The zero-order valence-electron chi connectivity index (χ0n) is 11.5. The van der Waals surface area contributed by atoms with Gasteiger partial charge in [-0.25, -0.2) is 0 Å². The summed E-state index contributed by atoms with van der Waals surface area (Å²) in [5.41, 5.74) is 4.55. The van der Waals surface area contributed by atoms with Crippen molar-refractivity contribution in [1.29, 1.82) is 0 Å². The number of hydrogen-bond donors (Lipinski definition) is 1. The van der Waals surface area contributed by atoms with Gasteiger partial charge in [-0.15, -0.1) is 0 Å². The van der Waals surface area contributed by atoms with Crippen LogP contribution in [0.3, 0.4) is 0 Å². The Morgan fingerprint density at radius 2 is 2.06 bits per heavy atom. The van der Waals surface area contributed by atoms with Crippen LogP contribution in [-0.4, -0.2) is 6.54 Å². The molecule has 98 valence electrons. The molecule has 1 aliphatic heterocycles.